The molecule has 1 saturated heterocycles. The summed E-state index contributed by atoms with van der Waals surface area (Å²) in [6, 6.07) is 33.7. The SMILES string of the molecule is CCc1ccc(S(=O)(=O)N(Cc2ccccc2)c2ccc(C(=O)N3CCN(c4ccccc4)CC3)cc2)cc1. The molecule has 0 spiro atoms. The van der Waals surface area contributed by atoms with Gasteiger partial charge in [0.05, 0.1) is 17.1 Å². The molecular weight excluding hydrogens is 506 g/mol. The second-order valence-corrected chi connectivity index (χ2v) is 11.5. The molecule has 0 atom stereocenters. The molecule has 1 amide bonds. The molecule has 0 bridgehead atoms. The van der Waals surface area contributed by atoms with E-state index in [1.54, 1.807) is 36.4 Å². The molecule has 0 saturated carbocycles. The molecule has 0 aromatic heterocycles. The van der Waals surface area contributed by atoms with Crippen molar-refractivity contribution in [3.05, 3.63) is 126 Å². The van der Waals surface area contributed by atoms with Crippen LogP contribution < -0.4 is 9.21 Å². The van der Waals surface area contributed by atoms with Gasteiger partial charge in [-0.2, -0.15) is 0 Å². The summed E-state index contributed by atoms with van der Waals surface area (Å²) in [7, 11) is -3.83. The maximum absolute atomic E-state index is 13.8. The highest BCUT2D eigenvalue weighted by molar-refractivity contribution is 7.92. The monoisotopic (exact) mass is 539 g/mol. The second kappa shape index (κ2) is 11.7. The number of amides is 1. The summed E-state index contributed by atoms with van der Waals surface area (Å²) in [5.74, 6) is -0.0399. The number of para-hydroxylation sites is 1. The number of hydrogen-bond donors (Lipinski definition) is 0. The topological polar surface area (TPSA) is 60.9 Å². The summed E-state index contributed by atoms with van der Waals surface area (Å²) in [6.07, 6.45) is 0.838. The number of anilines is 2. The fourth-order valence-corrected chi connectivity index (χ4v) is 6.30. The molecule has 0 radical (unpaired) electrons. The molecule has 5 rings (SSSR count). The third-order valence-corrected chi connectivity index (χ3v) is 8.97. The Morgan fingerprint density at radius 1 is 0.718 bits per heavy atom. The fraction of sp³-hybridized carbons (Fsp3) is 0.219. The van der Waals surface area contributed by atoms with E-state index in [1.807, 2.05) is 72.5 Å². The third-order valence-electron chi connectivity index (χ3n) is 7.18. The Morgan fingerprint density at radius 2 is 1.31 bits per heavy atom. The summed E-state index contributed by atoms with van der Waals surface area (Å²) in [4.78, 5) is 17.7. The highest BCUT2D eigenvalue weighted by Gasteiger charge is 2.27. The fourth-order valence-electron chi connectivity index (χ4n) is 4.85. The van der Waals surface area contributed by atoms with Gasteiger partial charge < -0.3 is 9.80 Å². The summed E-state index contributed by atoms with van der Waals surface area (Å²) in [6.45, 7) is 5.04. The molecule has 0 N–H and O–H groups in total. The van der Waals surface area contributed by atoms with Crippen LogP contribution in [0.25, 0.3) is 0 Å². The average molecular weight is 540 g/mol. The van der Waals surface area contributed by atoms with Crippen LogP contribution >= 0.6 is 0 Å². The highest BCUT2D eigenvalue weighted by Crippen LogP contribution is 2.27. The predicted molar refractivity (Wildman–Crippen MR) is 157 cm³/mol. The molecule has 6 nitrogen and oxygen atoms in total. The van der Waals surface area contributed by atoms with E-state index in [0.717, 1.165) is 36.3 Å². The average Bonchev–Trinajstić information content (AvgIpc) is 3.00. The number of carbonyl (C=O) groups excluding carboxylic acids is 1. The van der Waals surface area contributed by atoms with Crippen LogP contribution in [0.4, 0.5) is 11.4 Å². The Hall–Kier alpha value is -4.10. The van der Waals surface area contributed by atoms with Crippen LogP contribution in [0.5, 0.6) is 0 Å². The van der Waals surface area contributed by atoms with Gasteiger partial charge in [-0.05, 0) is 66.1 Å². The van der Waals surface area contributed by atoms with E-state index in [1.165, 1.54) is 4.31 Å². The van der Waals surface area contributed by atoms with Crippen molar-refractivity contribution in [1.82, 2.24) is 4.90 Å². The van der Waals surface area contributed by atoms with Crippen LogP contribution in [0.1, 0.15) is 28.4 Å². The zero-order chi connectivity index (χ0) is 27.2. The predicted octanol–water partition coefficient (Wildman–Crippen LogP) is 5.61. The first-order chi connectivity index (χ1) is 19.0. The minimum absolute atomic E-state index is 0.0399. The van der Waals surface area contributed by atoms with Crippen molar-refractivity contribution in [2.75, 3.05) is 35.4 Å². The Morgan fingerprint density at radius 3 is 1.90 bits per heavy atom. The van der Waals surface area contributed by atoms with Crippen LogP contribution in [-0.4, -0.2) is 45.4 Å². The normalized spacial score (nSPS) is 13.8. The molecule has 0 unspecified atom stereocenters. The van der Waals surface area contributed by atoms with E-state index in [-0.39, 0.29) is 17.3 Å². The van der Waals surface area contributed by atoms with E-state index in [4.69, 9.17) is 0 Å². The molecule has 4 aromatic carbocycles. The zero-order valence-electron chi connectivity index (χ0n) is 22.1. The summed E-state index contributed by atoms with van der Waals surface area (Å²) >= 11 is 0. The van der Waals surface area contributed by atoms with E-state index >= 15 is 0 Å². The van der Waals surface area contributed by atoms with E-state index in [9.17, 15) is 13.2 Å². The smallest absolute Gasteiger partial charge is 0.264 e. The van der Waals surface area contributed by atoms with Crippen molar-refractivity contribution in [2.24, 2.45) is 0 Å². The van der Waals surface area contributed by atoms with Crippen molar-refractivity contribution < 1.29 is 13.2 Å². The van der Waals surface area contributed by atoms with Crippen molar-refractivity contribution in [3.63, 3.8) is 0 Å². The number of sulfonamides is 1. The second-order valence-electron chi connectivity index (χ2n) is 9.66. The van der Waals surface area contributed by atoms with Gasteiger partial charge in [-0.15, -0.1) is 0 Å². The minimum Gasteiger partial charge on any atom is -0.368 e. The van der Waals surface area contributed by atoms with Crippen LogP contribution in [0, 0.1) is 0 Å². The first kappa shape index (κ1) is 26.5. The maximum atomic E-state index is 13.8. The van der Waals surface area contributed by atoms with Crippen molar-refractivity contribution in [2.45, 2.75) is 24.8 Å². The first-order valence-electron chi connectivity index (χ1n) is 13.3. The number of aryl methyl sites for hydroxylation is 1. The maximum Gasteiger partial charge on any atom is 0.264 e. The lowest BCUT2D eigenvalue weighted by molar-refractivity contribution is 0.0747. The quantitative estimate of drug-likeness (QED) is 0.292. The molecule has 39 heavy (non-hydrogen) atoms. The molecular formula is C32H33N3O3S. The lowest BCUT2D eigenvalue weighted by atomic mass is 10.1. The first-order valence-corrected chi connectivity index (χ1v) is 14.7. The van der Waals surface area contributed by atoms with E-state index in [2.05, 4.69) is 17.0 Å². The number of rotatable bonds is 8. The van der Waals surface area contributed by atoms with Gasteiger partial charge in [0, 0.05) is 37.4 Å². The van der Waals surface area contributed by atoms with Crippen molar-refractivity contribution >= 4 is 27.3 Å². The Bertz CT molecular complexity index is 1480. The van der Waals surface area contributed by atoms with Gasteiger partial charge in [0.2, 0.25) is 0 Å². The Balaban J connectivity index is 1.35. The van der Waals surface area contributed by atoms with Crippen LogP contribution in [0.2, 0.25) is 0 Å². The lowest BCUT2D eigenvalue weighted by Gasteiger charge is -2.36. The van der Waals surface area contributed by atoms with Crippen LogP contribution in [-0.2, 0) is 23.0 Å². The molecule has 1 heterocycles. The zero-order valence-corrected chi connectivity index (χ0v) is 22.9. The van der Waals surface area contributed by atoms with Gasteiger partial charge in [-0.25, -0.2) is 8.42 Å². The Kier molecular flexibility index (Phi) is 7.98. The largest absolute Gasteiger partial charge is 0.368 e. The van der Waals surface area contributed by atoms with Gasteiger partial charge in [0.25, 0.3) is 15.9 Å². The van der Waals surface area contributed by atoms with Crippen molar-refractivity contribution in [3.8, 4) is 0 Å². The number of piperazine rings is 1. The standard InChI is InChI=1S/C32H33N3O3S/c1-2-26-13-19-31(20-14-26)39(37,38)35(25-27-9-5-3-6-10-27)30-17-15-28(16-18-30)32(36)34-23-21-33(22-24-34)29-11-7-4-8-12-29/h3-20H,2,21-25H2,1H3. The van der Waals surface area contributed by atoms with Gasteiger partial charge in [-0.1, -0.05) is 67.6 Å². The van der Waals surface area contributed by atoms with Crippen LogP contribution in [0.15, 0.2) is 114 Å². The third kappa shape index (κ3) is 5.99. The number of hydrogen-bond acceptors (Lipinski definition) is 4. The minimum atomic E-state index is -3.83. The van der Waals surface area contributed by atoms with Gasteiger partial charge in [0.15, 0.2) is 0 Å². The van der Waals surface area contributed by atoms with Gasteiger partial charge in [0.1, 0.15) is 0 Å². The number of nitrogens with zero attached hydrogens (tertiary/aromatic N) is 3. The summed E-state index contributed by atoms with van der Waals surface area (Å²) in [5, 5.41) is 0. The molecule has 1 fully saturated rings. The van der Waals surface area contributed by atoms with Gasteiger partial charge >= 0.3 is 0 Å². The molecule has 1 aliphatic rings. The molecule has 200 valence electrons. The van der Waals surface area contributed by atoms with E-state index in [0.29, 0.717) is 24.3 Å². The van der Waals surface area contributed by atoms with Crippen molar-refractivity contribution in [1.29, 1.82) is 0 Å². The number of carbonyl (C=O) groups is 1. The number of benzene rings is 4. The highest BCUT2D eigenvalue weighted by atomic mass is 32.2. The molecule has 7 heteroatoms. The summed E-state index contributed by atoms with van der Waals surface area (Å²) in [5.41, 5.74) is 4.19. The summed E-state index contributed by atoms with van der Waals surface area (Å²) < 4.78 is 29.0. The lowest BCUT2D eigenvalue weighted by Crippen LogP contribution is -2.48. The van der Waals surface area contributed by atoms with Crippen LogP contribution in [0.3, 0.4) is 0 Å². The van der Waals surface area contributed by atoms with E-state index < -0.39 is 10.0 Å². The molecule has 4 aromatic rings. The molecule has 0 aliphatic carbocycles. The van der Waals surface area contributed by atoms with Gasteiger partial charge in [-0.3, -0.25) is 9.10 Å². The molecule has 1 aliphatic heterocycles. The Labute approximate surface area is 231 Å².